The van der Waals surface area contributed by atoms with Gasteiger partial charge >= 0.3 is 123 Å². The van der Waals surface area contributed by atoms with Gasteiger partial charge in [-0.05, 0) is 72.8 Å². The van der Waals surface area contributed by atoms with Crippen LogP contribution in [-0.2, 0) is 60.2 Å². The zero-order valence-electron chi connectivity index (χ0n) is 43.2. The van der Waals surface area contributed by atoms with E-state index < -0.39 is 104 Å². The van der Waals surface area contributed by atoms with Crippen molar-refractivity contribution in [1.82, 2.24) is 0 Å². The molecule has 0 amide bonds. The zero-order chi connectivity index (χ0) is 55.8. The molecule has 0 saturated heterocycles. The zero-order valence-corrected chi connectivity index (χ0v) is 57.1. The molecule has 0 spiro atoms. The molecule has 512 valence electrons. The molecule has 0 bridgehead atoms. The van der Waals surface area contributed by atoms with E-state index in [1.54, 1.807) is 0 Å². The molecule has 0 aliphatic heterocycles. The molecule has 0 radical (unpaired) electrons. The maximum absolute atomic E-state index is 11.0. The van der Waals surface area contributed by atoms with Crippen LogP contribution in [0.25, 0.3) is 0 Å². The number of aromatic carboxylic acids is 6. The van der Waals surface area contributed by atoms with Crippen molar-refractivity contribution in [2.24, 2.45) is 0 Å². The molecular weight excluding hydrogens is 1760 g/mol. The Bertz CT molecular complexity index is 2580. The molecular formula is C42H59Cl12Eu2O33+11. The summed E-state index contributed by atoms with van der Waals surface area (Å²) in [6.45, 7) is 0. The first-order valence-electron chi connectivity index (χ1n) is 17.5. The smallest absolute Gasteiger partial charge is 0.871 e. The number of phenols is 2. The summed E-state index contributed by atoms with van der Waals surface area (Å²) in [6, 6.07) is 13.7. The standard InChI is InChI=1S/6C7H4Cl2O3.2Eu.15H2O/c6*8-3-1-4(7(11)12)6(10)5(9)2-3;;;;;;;;;;;;;;;;;/h6*1-2,10H,(H,11,12);;;15*1H2/q;;;;;;2*+3;;;;;;;;;;;;;;;/p+5. The average molecular weight is 1820 g/mol. The second-order valence-corrected chi connectivity index (χ2v) is 17.5. The summed E-state index contributed by atoms with van der Waals surface area (Å²) >= 11 is 65.4. The minimum atomic E-state index is -1.52. The number of hydrogen-bond acceptors (Lipinski definition) is 14. The van der Waals surface area contributed by atoms with E-state index in [9.17, 15) is 59.4 Å². The SMILES string of the molecule is O.O.O.O.O=C(O)c1cc(Cl)cc(Cl)c1[O-].O=C(O)c1cc(Cl)cc(Cl)c1[O-].O=C(O)c1cc(Cl)cc(Cl)c1[O-].O=C(O)c1cc(Cl)cc(Cl)c1[O-].O=C([O-])c1cc(Cl)cc(Cl)c1O.O=C([O-])c1cc(Cl)cc(Cl)c1O.[Eu+3].[Eu+3].[OH3+].[OH3+].[OH3+].[OH3+].[OH3+].[OH3+].[OH3+].[OH3+].[OH3+].[OH3+].[OH3+]. The van der Waals surface area contributed by atoms with Crippen molar-refractivity contribution < 1.29 is 271 Å². The molecule has 0 unspecified atom stereocenters. The van der Waals surface area contributed by atoms with Gasteiger partial charge < -0.3 is 153 Å². The summed E-state index contributed by atoms with van der Waals surface area (Å²) in [6.07, 6.45) is 0. The predicted octanol–water partition coefficient (Wildman–Crippen LogP) is -4.25. The van der Waals surface area contributed by atoms with Crippen LogP contribution in [0.15, 0.2) is 72.8 Å². The van der Waals surface area contributed by atoms with Crippen LogP contribution in [0.1, 0.15) is 62.1 Å². The number of hydrogen-bond donors (Lipinski definition) is 6. The molecule has 33 nitrogen and oxygen atoms in total. The molecule has 0 heterocycles. The van der Waals surface area contributed by atoms with Crippen molar-refractivity contribution in [3.05, 3.63) is 166 Å². The molecule has 6 rings (SSSR count). The maximum atomic E-state index is 11.0. The van der Waals surface area contributed by atoms with Gasteiger partial charge in [-0.2, -0.15) is 0 Å². The summed E-state index contributed by atoms with van der Waals surface area (Å²) < 4.78 is 0. The first kappa shape index (κ1) is 130. The number of halogens is 12. The van der Waals surface area contributed by atoms with Gasteiger partial charge in [-0.15, -0.1) is 0 Å². The number of carbonyl (C=O) groups is 6. The largest absolute Gasteiger partial charge is 3.00 e. The molecule has 0 saturated carbocycles. The Morgan fingerprint density at radius 2 is 0.393 bits per heavy atom. The molecule has 6 aromatic rings. The summed E-state index contributed by atoms with van der Waals surface area (Å²) in [5, 5.41) is 117. The van der Waals surface area contributed by atoms with Gasteiger partial charge in [0.2, 0.25) is 0 Å². The van der Waals surface area contributed by atoms with Gasteiger partial charge in [-0.3, -0.25) is 0 Å². The van der Waals surface area contributed by atoms with Crippen molar-refractivity contribution in [1.29, 1.82) is 0 Å². The maximum Gasteiger partial charge on any atom is 3.00 e. The molecule has 0 fully saturated rings. The van der Waals surface area contributed by atoms with Gasteiger partial charge in [0.15, 0.2) is 0 Å². The van der Waals surface area contributed by atoms with Crippen LogP contribution in [-0.4, -0.2) is 88.4 Å². The van der Waals surface area contributed by atoms with Gasteiger partial charge in [-0.25, -0.2) is 19.2 Å². The van der Waals surface area contributed by atoms with Crippen molar-refractivity contribution in [3.63, 3.8) is 0 Å². The molecule has 89 heavy (non-hydrogen) atoms. The van der Waals surface area contributed by atoms with Crippen LogP contribution in [0, 0.1) is 98.8 Å². The van der Waals surface area contributed by atoms with Crippen LogP contribution in [0.5, 0.6) is 34.5 Å². The third kappa shape index (κ3) is 42.8. The Labute approximate surface area is 638 Å². The number of rotatable bonds is 6. The van der Waals surface area contributed by atoms with Crippen molar-refractivity contribution in [2.45, 2.75) is 0 Å². The van der Waals surface area contributed by atoms with Crippen LogP contribution in [0.2, 0.25) is 60.3 Å². The van der Waals surface area contributed by atoms with Gasteiger partial charge in [0.1, 0.15) is 11.5 Å². The van der Waals surface area contributed by atoms with E-state index in [-0.39, 0.29) is 241 Å². The molecule has 47 N–H and O–H groups in total. The van der Waals surface area contributed by atoms with Crippen LogP contribution in [0.4, 0.5) is 0 Å². The molecule has 6 aromatic carbocycles. The normalized spacial score (nSPS) is 7.96. The minimum absolute atomic E-state index is 0. The molecule has 0 aromatic heterocycles. The summed E-state index contributed by atoms with van der Waals surface area (Å²) in [7, 11) is 0. The van der Waals surface area contributed by atoms with Gasteiger partial charge in [-0.1, -0.05) is 162 Å². The third-order valence-electron chi connectivity index (χ3n) is 7.45. The number of carboxylic acids is 6. The van der Waals surface area contributed by atoms with Gasteiger partial charge in [0.05, 0.1) is 44.2 Å². The monoisotopic (exact) mass is 1820 g/mol. The molecule has 0 atom stereocenters. The topological polar surface area (TPSA) is 851 Å². The van der Waals surface area contributed by atoms with E-state index in [2.05, 4.69) is 0 Å². The Morgan fingerprint density at radius 1 is 0.270 bits per heavy atom. The fourth-order valence-electron chi connectivity index (χ4n) is 4.32. The number of aromatic hydroxyl groups is 2. The Morgan fingerprint density at radius 3 is 0.517 bits per heavy atom. The van der Waals surface area contributed by atoms with E-state index in [4.69, 9.17) is 170 Å². The molecule has 0 aliphatic rings. The molecule has 47 heteroatoms. The Kier molecular flexibility index (Phi) is 89.7. The van der Waals surface area contributed by atoms with Crippen molar-refractivity contribution in [3.8, 4) is 34.5 Å². The van der Waals surface area contributed by atoms with E-state index in [0.29, 0.717) is 0 Å². The van der Waals surface area contributed by atoms with Crippen LogP contribution < -0.4 is 30.6 Å². The van der Waals surface area contributed by atoms with Crippen molar-refractivity contribution >= 4 is 175 Å². The predicted molar refractivity (Wildman–Crippen MR) is 324 cm³/mol. The first-order valence-corrected chi connectivity index (χ1v) is 22.0. The summed E-state index contributed by atoms with van der Waals surface area (Å²) in [4.78, 5) is 62.3. The van der Waals surface area contributed by atoms with E-state index in [1.807, 2.05) is 0 Å². The van der Waals surface area contributed by atoms with E-state index in [1.165, 1.54) is 36.4 Å². The van der Waals surface area contributed by atoms with E-state index in [0.717, 1.165) is 36.4 Å². The van der Waals surface area contributed by atoms with Gasteiger partial charge in [0.25, 0.3) is 0 Å². The van der Waals surface area contributed by atoms with Crippen LogP contribution >= 0.6 is 139 Å². The summed E-state index contributed by atoms with van der Waals surface area (Å²) in [5.74, 6) is -12.3. The average Bonchev–Trinajstić information content (AvgIpc) is 3.26. The number of carbonyl (C=O) groups excluding carboxylic acids is 2. The minimum Gasteiger partial charge on any atom is -0.871 e. The van der Waals surface area contributed by atoms with Gasteiger partial charge in [0, 0.05) is 61.4 Å². The fourth-order valence-corrected chi connectivity index (χ4v) is 7.28. The fraction of sp³-hybridized carbons (Fsp3) is 0. The van der Waals surface area contributed by atoms with E-state index >= 15 is 0 Å². The second kappa shape index (κ2) is 61.2. The van der Waals surface area contributed by atoms with Crippen molar-refractivity contribution in [2.75, 3.05) is 0 Å². The Balaban J connectivity index is -0.0000000449. The third-order valence-corrected chi connectivity index (χ3v) is 10.5. The Hall–Kier alpha value is -3.01. The quantitative estimate of drug-likeness (QED) is 0.0860. The number of benzene rings is 6. The van der Waals surface area contributed by atoms with Crippen LogP contribution in [0.3, 0.4) is 0 Å². The summed E-state index contributed by atoms with van der Waals surface area (Å²) in [5.41, 5.74) is -2.46. The second-order valence-electron chi connectivity index (χ2n) is 12.4. The number of carboxylic acid groups (broad SMARTS) is 6. The molecule has 0 aliphatic carbocycles. The first-order chi connectivity index (χ1) is 33.1.